The van der Waals surface area contributed by atoms with Gasteiger partial charge in [0.2, 0.25) is 10.0 Å². The molecule has 0 amide bonds. The summed E-state index contributed by atoms with van der Waals surface area (Å²) in [7, 11) is -1.83. The highest BCUT2D eigenvalue weighted by Gasteiger charge is 2.21. The van der Waals surface area contributed by atoms with Crippen LogP contribution < -0.4 is 4.72 Å². The summed E-state index contributed by atoms with van der Waals surface area (Å²) in [6.45, 7) is 5.52. The number of carbonyl (C=O) groups excluding carboxylic acids is 1. The van der Waals surface area contributed by atoms with Gasteiger partial charge in [-0.2, -0.15) is 0 Å². The number of likely N-dealkylation sites (tertiary alicyclic amines) is 1. The Bertz CT molecular complexity index is 635. The number of sulfonamides is 1. The van der Waals surface area contributed by atoms with Gasteiger partial charge in [-0.25, -0.2) is 13.1 Å². The van der Waals surface area contributed by atoms with Crippen LogP contribution in [0.15, 0.2) is 29.2 Å². The van der Waals surface area contributed by atoms with Gasteiger partial charge in [0.1, 0.15) is 0 Å². The van der Waals surface area contributed by atoms with E-state index in [4.69, 9.17) is 4.74 Å². The van der Waals surface area contributed by atoms with E-state index in [1.165, 1.54) is 19.1 Å². The van der Waals surface area contributed by atoms with Crippen molar-refractivity contribution in [1.29, 1.82) is 0 Å². The van der Waals surface area contributed by atoms with E-state index in [1.54, 1.807) is 19.2 Å². The van der Waals surface area contributed by atoms with E-state index in [0.29, 0.717) is 18.0 Å². The Morgan fingerprint density at radius 2 is 1.88 bits per heavy atom. The van der Waals surface area contributed by atoms with E-state index in [9.17, 15) is 13.2 Å². The minimum atomic E-state index is -3.52. The summed E-state index contributed by atoms with van der Waals surface area (Å²) in [4.78, 5) is 13.8. The first-order valence-electron chi connectivity index (χ1n) is 8.24. The molecule has 1 saturated heterocycles. The number of hydrogen-bond acceptors (Lipinski definition) is 5. The van der Waals surface area contributed by atoms with Crippen LogP contribution in [-0.2, 0) is 14.8 Å². The van der Waals surface area contributed by atoms with Crippen LogP contribution in [0.2, 0.25) is 0 Å². The van der Waals surface area contributed by atoms with E-state index in [0.717, 1.165) is 39.1 Å². The largest absolute Gasteiger partial charge is 0.383 e. The van der Waals surface area contributed by atoms with Crippen molar-refractivity contribution in [2.45, 2.75) is 24.7 Å². The van der Waals surface area contributed by atoms with Crippen LogP contribution in [0.3, 0.4) is 0 Å². The number of ether oxygens (including phenoxy) is 1. The zero-order valence-corrected chi connectivity index (χ0v) is 15.1. The van der Waals surface area contributed by atoms with E-state index in [1.807, 2.05) is 0 Å². The first-order valence-corrected chi connectivity index (χ1v) is 9.72. The molecule has 1 fully saturated rings. The van der Waals surface area contributed by atoms with Crippen LogP contribution in [0.4, 0.5) is 0 Å². The fraction of sp³-hybridized carbons (Fsp3) is 0.588. The Hall–Kier alpha value is -1.28. The molecule has 0 atom stereocenters. The number of benzene rings is 1. The predicted octanol–water partition coefficient (Wildman–Crippen LogP) is 1.53. The zero-order valence-electron chi connectivity index (χ0n) is 14.3. The summed E-state index contributed by atoms with van der Waals surface area (Å²) in [6, 6.07) is 6.05. The van der Waals surface area contributed by atoms with Gasteiger partial charge in [0, 0.05) is 25.8 Å². The fourth-order valence-corrected chi connectivity index (χ4v) is 3.93. The van der Waals surface area contributed by atoms with Crippen molar-refractivity contribution < 1.29 is 17.9 Å². The SMILES string of the molecule is COCCN1CCC(CNS(=O)(=O)c2ccc(C(C)=O)cc2)CC1. The number of nitrogens with one attached hydrogen (secondary N) is 1. The number of rotatable bonds is 8. The Morgan fingerprint density at radius 3 is 2.42 bits per heavy atom. The maximum absolute atomic E-state index is 12.3. The standard InChI is InChI=1S/C17H26N2O4S/c1-14(20)16-3-5-17(6-4-16)24(21,22)18-13-15-7-9-19(10-8-15)11-12-23-2/h3-6,15,18H,7-13H2,1-2H3. The highest BCUT2D eigenvalue weighted by molar-refractivity contribution is 7.89. The first kappa shape index (κ1) is 19.1. The van der Waals surface area contributed by atoms with E-state index < -0.39 is 10.0 Å². The second-order valence-electron chi connectivity index (χ2n) is 6.21. The molecule has 1 heterocycles. The van der Waals surface area contributed by atoms with Crippen LogP contribution in [0.25, 0.3) is 0 Å². The number of piperidine rings is 1. The highest BCUT2D eigenvalue weighted by atomic mass is 32.2. The molecule has 0 radical (unpaired) electrons. The third-order valence-electron chi connectivity index (χ3n) is 4.45. The van der Waals surface area contributed by atoms with Gasteiger partial charge in [-0.15, -0.1) is 0 Å². The normalized spacial score (nSPS) is 17.1. The number of carbonyl (C=O) groups is 1. The Labute approximate surface area is 144 Å². The van der Waals surface area contributed by atoms with Crippen LogP contribution in [0, 0.1) is 5.92 Å². The average Bonchev–Trinajstić information content (AvgIpc) is 2.59. The Kier molecular flexibility index (Phi) is 6.91. The van der Waals surface area contributed by atoms with Crippen molar-refractivity contribution in [3.63, 3.8) is 0 Å². The van der Waals surface area contributed by atoms with Crippen molar-refractivity contribution in [2.24, 2.45) is 5.92 Å². The zero-order chi connectivity index (χ0) is 17.6. The van der Waals surface area contributed by atoms with Gasteiger partial charge in [0.05, 0.1) is 11.5 Å². The second kappa shape index (κ2) is 8.71. The topological polar surface area (TPSA) is 75.7 Å². The predicted molar refractivity (Wildman–Crippen MR) is 92.7 cm³/mol. The van der Waals surface area contributed by atoms with Gasteiger partial charge in [0.15, 0.2) is 5.78 Å². The smallest absolute Gasteiger partial charge is 0.240 e. The van der Waals surface area contributed by atoms with Crippen LogP contribution in [0.5, 0.6) is 0 Å². The van der Waals surface area contributed by atoms with Crippen molar-refractivity contribution >= 4 is 15.8 Å². The van der Waals surface area contributed by atoms with E-state index in [-0.39, 0.29) is 10.7 Å². The molecular formula is C17H26N2O4S. The number of ketones is 1. The molecule has 0 spiro atoms. The van der Waals surface area contributed by atoms with Crippen LogP contribution in [-0.4, -0.2) is 59.0 Å². The van der Waals surface area contributed by atoms with Crippen molar-refractivity contribution in [1.82, 2.24) is 9.62 Å². The van der Waals surface area contributed by atoms with Gasteiger partial charge in [0.25, 0.3) is 0 Å². The molecule has 24 heavy (non-hydrogen) atoms. The molecule has 7 heteroatoms. The summed E-state index contributed by atoms with van der Waals surface area (Å²) in [6.07, 6.45) is 1.96. The molecule has 1 aromatic carbocycles. The lowest BCUT2D eigenvalue weighted by atomic mass is 9.97. The molecule has 0 unspecified atom stereocenters. The molecule has 0 aromatic heterocycles. The molecule has 0 saturated carbocycles. The highest BCUT2D eigenvalue weighted by Crippen LogP contribution is 2.17. The van der Waals surface area contributed by atoms with Crippen molar-refractivity contribution in [3.8, 4) is 0 Å². The molecule has 1 N–H and O–H groups in total. The molecule has 2 rings (SSSR count). The molecule has 0 bridgehead atoms. The first-order chi connectivity index (χ1) is 11.4. The third kappa shape index (κ3) is 5.37. The third-order valence-corrected chi connectivity index (χ3v) is 5.89. The number of methoxy groups -OCH3 is 1. The van der Waals surface area contributed by atoms with Crippen molar-refractivity contribution in [3.05, 3.63) is 29.8 Å². The quantitative estimate of drug-likeness (QED) is 0.717. The lowest BCUT2D eigenvalue weighted by Gasteiger charge is -2.31. The lowest BCUT2D eigenvalue weighted by molar-refractivity contribution is 0.101. The summed E-state index contributed by atoms with van der Waals surface area (Å²) < 4.78 is 32.5. The maximum Gasteiger partial charge on any atom is 0.240 e. The molecule has 1 aliphatic heterocycles. The summed E-state index contributed by atoms with van der Waals surface area (Å²) in [5.74, 6) is 0.280. The van der Waals surface area contributed by atoms with Crippen molar-refractivity contribution in [2.75, 3.05) is 39.9 Å². The monoisotopic (exact) mass is 354 g/mol. The summed E-state index contributed by atoms with van der Waals surface area (Å²) in [5, 5.41) is 0. The summed E-state index contributed by atoms with van der Waals surface area (Å²) in [5.41, 5.74) is 0.511. The van der Waals surface area contributed by atoms with Gasteiger partial charge >= 0.3 is 0 Å². The molecule has 6 nitrogen and oxygen atoms in total. The Balaban J connectivity index is 1.84. The van der Waals surface area contributed by atoms with Gasteiger partial charge in [-0.1, -0.05) is 12.1 Å². The summed E-state index contributed by atoms with van der Waals surface area (Å²) >= 11 is 0. The molecular weight excluding hydrogens is 328 g/mol. The van der Waals surface area contributed by atoms with Crippen LogP contribution >= 0.6 is 0 Å². The average molecular weight is 354 g/mol. The lowest BCUT2D eigenvalue weighted by Crippen LogP contribution is -2.39. The van der Waals surface area contributed by atoms with E-state index in [2.05, 4.69) is 9.62 Å². The number of Topliss-reactive ketones (excluding diaryl/α,β-unsaturated/α-hetero) is 1. The molecule has 0 aliphatic carbocycles. The number of nitrogens with zero attached hydrogens (tertiary/aromatic N) is 1. The second-order valence-corrected chi connectivity index (χ2v) is 7.98. The number of hydrogen-bond donors (Lipinski definition) is 1. The van der Waals surface area contributed by atoms with Crippen LogP contribution in [0.1, 0.15) is 30.1 Å². The van der Waals surface area contributed by atoms with Gasteiger partial charge in [-0.05, 0) is 50.9 Å². The Morgan fingerprint density at radius 1 is 1.25 bits per heavy atom. The van der Waals surface area contributed by atoms with E-state index >= 15 is 0 Å². The molecule has 1 aromatic rings. The van der Waals surface area contributed by atoms with Gasteiger partial charge < -0.3 is 9.64 Å². The fourth-order valence-electron chi connectivity index (χ4n) is 2.81. The molecule has 1 aliphatic rings. The minimum Gasteiger partial charge on any atom is -0.383 e. The minimum absolute atomic E-state index is 0.0767. The molecule has 134 valence electrons. The maximum atomic E-state index is 12.3. The van der Waals surface area contributed by atoms with Gasteiger partial charge in [-0.3, -0.25) is 4.79 Å².